The average Bonchev–Trinajstić information content (AvgIpc) is 2.71. The van der Waals surface area contributed by atoms with E-state index in [1.165, 1.54) is 6.92 Å². The summed E-state index contributed by atoms with van der Waals surface area (Å²) in [5, 5.41) is 12.3. The number of nitrogens with one attached hydrogen (secondary N) is 4. The van der Waals surface area contributed by atoms with Crippen molar-refractivity contribution < 1.29 is 19.1 Å². The minimum absolute atomic E-state index is 0.0387. The van der Waals surface area contributed by atoms with Crippen LogP contribution in [0.4, 0.5) is 10.5 Å². The van der Waals surface area contributed by atoms with Crippen molar-refractivity contribution in [3.63, 3.8) is 0 Å². The number of carbonyl (C=O) groups excluding carboxylic acids is 3. The number of amides is 3. The molecule has 0 aromatic heterocycles. The van der Waals surface area contributed by atoms with Crippen LogP contribution >= 0.6 is 0 Å². The first-order valence-corrected chi connectivity index (χ1v) is 10.8. The predicted molar refractivity (Wildman–Crippen MR) is 121 cm³/mol. The molecule has 6 N–H and O–H groups in total. The van der Waals surface area contributed by atoms with Gasteiger partial charge in [-0.15, -0.1) is 0 Å². The molecule has 9 heteroatoms. The van der Waals surface area contributed by atoms with Crippen LogP contribution in [0.1, 0.15) is 46.1 Å². The van der Waals surface area contributed by atoms with E-state index in [9.17, 15) is 14.4 Å². The van der Waals surface area contributed by atoms with Crippen molar-refractivity contribution in [3.8, 4) is 0 Å². The molecule has 31 heavy (non-hydrogen) atoms. The Hall–Kier alpha value is -2.81. The van der Waals surface area contributed by atoms with Crippen LogP contribution in [0.15, 0.2) is 24.3 Å². The second-order valence-corrected chi connectivity index (χ2v) is 7.78. The molecule has 0 fully saturated rings. The van der Waals surface area contributed by atoms with E-state index in [1.807, 2.05) is 45.0 Å². The van der Waals surface area contributed by atoms with E-state index in [1.54, 1.807) is 0 Å². The van der Waals surface area contributed by atoms with Crippen LogP contribution in [0.3, 0.4) is 0 Å². The third kappa shape index (κ3) is 11.2. The van der Waals surface area contributed by atoms with Gasteiger partial charge in [-0.25, -0.2) is 4.79 Å². The van der Waals surface area contributed by atoms with Gasteiger partial charge in [0.15, 0.2) is 0 Å². The number of rotatable bonds is 14. The molecular weight excluding hydrogens is 398 g/mol. The van der Waals surface area contributed by atoms with Crippen molar-refractivity contribution in [2.45, 2.75) is 59.2 Å². The molecule has 0 aliphatic rings. The molecule has 0 radical (unpaired) electrons. The van der Waals surface area contributed by atoms with Gasteiger partial charge >= 0.3 is 12.0 Å². The lowest BCUT2D eigenvalue weighted by atomic mass is 10.0. The van der Waals surface area contributed by atoms with Crippen LogP contribution in [0.25, 0.3) is 0 Å². The van der Waals surface area contributed by atoms with Gasteiger partial charge < -0.3 is 31.7 Å². The van der Waals surface area contributed by atoms with Crippen LogP contribution < -0.4 is 27.0 Å². The van der Waals surface area contributed by atoms with Crippen LogP contribution in [-0.4, -0.2) is 49.6 Å². The maximum atomic E-state index is 12.8. The summed E-state index contributed by atoms with van der Waals surface area (Å²) in [6.07, 6.45) is 1.37. The maximum absolute atomic E-state index is 12.8. The molecule has 0 saturated heterocycles. The lowest BCUT2D eigenvalue weighted by molar-refractivity contribution is -0.142. The standard InChI is InChI=1S/C22H37N5O4/c1-5-24-20(15(2)3)21(29)27-19(7-6-12-25-22(23)30)13-26-18-10-8-17(9-11-18)14-31-16(4)28/h8-11,15,19-20,24,26H,5-7,12-14H2,1-4H3,(H,27,29)(H3,23,25,30)/t19-,20?/m1/s1. The Bertz CT molecular complexity index is 694. The number of urea groups is 1. The van der Waals surface area contributed by atoms with E-state index in [0.29, 0.717) is 32.5 Å². The Morgan fingerprint density at radius 3 is 2.35 bits per heavy atom. The number of likely N-dealkylation sites (N-methyl/N-ethyl adjacent to an activating group) is 1. The van der Waals surface area contributed by atoms with Gasteiger partial charge in [0.1, 0.15) is 6.61 Å². The highest BCUT2D eigenvalue weighted by atomic mass is 16.5. The number of carbonyl (C=O) groups is 3. The highest BCUT2D eigenvalue weighted by Gasteiger charge is 2.23. The summed E-state index contributed by atoms with van der Waals surface area (Å²) in [5.41, 5.74) is 6.91. The monoisotopic (exact) mass is 435 g/mol. The number of primary amides is 1. The van der Waals surface area contributed by atoms with Gasteiger partial charge in [0, 0.05) is 31.7 Å². The Balaban J connectivity index is 2.68. The van der Waals surface area contributed by atoms with Crippen LogP contribution in [0.5, 0.6) is 0 Å². The lowest BCUT2D eigenvalue weighted by Crippen LogP contribution is -2.51. The Kier molecular flexibility index (Phi) is 12.0. The SMILES string of the molecule is CCNC(C(=O)N[C@H](CCCNC(N)=O)CNc1ccc(COC(C)=O)cc1)C(C)C. The minimum Gasteiger partial charge on any atom is -0.461 e. The van der Waals surface area contributed by atoms with Crippen LogP contribution in [-0.2, 0) is 20.9 Å². The van der Waals surface area contributed by atoms with E-state index in [2.05, 4.69) is 21.3 Å². The third-order valence-corrected chi connectivity index (χ3v) is 4.70. The Morgan fingerprint density at radius 1 is 1.13 bits per heavy atom. The minimum atomic E-state index is -0.556. The van der Waals surface area contributed by atoms with Crippen molar-refractivity contribution in [3.05, 3.63) is 29.8 Å². The smallest absolute Gasteiger partial charge is 0.312 e. The van der Waals surface area contributed by atoms with Crippen molar-refractivity contribution in [1.29, 1.82) is 0 Å². The van der Waals surface area contributed by atoms with E-state index in [0.717, 1.165) is 11.3 Å². The molecule has 174 valence electrons. The molecule has 3 amide bonds. The summed E-state index contributed by atoms with van der Waals surface area (Å²) in [5.74, 6) is -0.193. The molecule has 1 rings (SSSR count). The second kappa shape index (κ2) is 14.2. The fourth-order valence-electron chi connectivity index (χ4n) is 3.07. The normalized spacial score (nSPS) is 12.7. The summed E-state index contributed by atoms with van der Waals surface area (Å²) < 4.78 is 4.99. The molecule has 1 unspecified atom stereocenters. The number of esters is 1. The molecule has 2 atom stereocenters. The number of nitrogens with two attached hydrogens (primary N) is 1. The van der Waals surface area contributed by atoms with E-state index in [4.69, 9.17) is 10.5 Å². The third-order valence-electron chi connectivity index (χ3n) is 4.70. The summed E-state index contributed by atoms with van der Waals surface area (Å²) in [6.45, 7) is 9.30. The van der Waals surface area contributed by atoms with Gasteiger partial charge in [-0.2, -0.15) is 0 Å². The van der Waals surface area contributed by atoms with Gasteiger partial charge in [-0.1, -0.05) is 32.9 Å². The van der Waals surface area contributed by atoms with Gasteiger partial charge in [0.25, 0.3) is 0 Å². The van der Waals surface area contributed by atoms with Gasteiger partial charge in [0.05, 0.1) is 6.04 Å². The van der Waals surface area contributed by atoms with E-state index in [-0.39, 0.29) is 36.5 Å². The fourth-order valence-corrected chi connectivity index (χ4v) is 3.07. The molecule has 0 heterocycles. The number of anilines is 1. The van der Waals surface area contributed by atoms with Crippen LogP contribution in [0.2, 0.25) is 0 Å². The number of benzene rings is 1. The zero-order chi connectivity index (χ0) is 23.2. The quantitative estimate of drug-likeness (QED) is 0.223. The lowest BCUT2D eigenvalue weighted by Gasteiger charge is -2.26. The van der Waals surface area contributed by atoms with Crippen molar-refractivity contribution >= 4 is 23.6 Å². The molecule has 0 aliphatic carbocycles. The van der Waals surface area contributed by atoms with E-state index >= 15 is 0 Å². The van der Waals surface area contributed by atoms with Gasteiger partial charge in [-0.3, -0.25) is 9.59 Å². The highest BCUT2D eigenvalue weighted by Crippen LogP contribution is 2.12. The molecular formula is C22H37N5O4. The largest absolute Gasteiger partial charge is 0.461 e. The maximum Gasteiger partial charge on any atom is 0.312 e. The first-order valence-electron chi connectivity index (χ1n) is 10.8. The van der Waals surface area contributed by atoms with Crippen LogP contribution in [0, 0.1) is 5.92 Å². The molecule has 9 nitrogen and oxygen atoms in total. The molecule has 0 aliphatic heterocycles. The Morgan fingerprint density at radius 2 is 1.81 bits per heavy atom. The topological polar surface area (TPSA) is 135 Å². The molecule has 1 aromatic carbocycles. The molecule has 0 spiro atoms. The fraction of sp³-hybridized carbons (Fsp3) is 0.591. The zero-order valence-corrected chi connectivity index (χ0v) is 19.0. The number of ether oxygens (including phenoxy) is 1. The zero-order valence-electron chi connectivity index (χ0n) is 19.0. The number of hydrogen-bond donors (Lipinski definition) is 5. The first kappa shape index (κ1) is 26.2. The molecule has 0 bridgehead atoms. The van der Waals surface area contributed by atoms with Crippen molar-refractivity contribution in [2.75, 3.05) is 25.0 Å². The van der Waals surface area contributed by atoms with E-state index < -0.39 is 6.03 Å². The summed E-state index contributed by atoms with van der Waals surface area (Å²) in [7, 11) is 0. The number of hydrogen-bond acceptors (Lipinski definition) is 6. The van der Waals surface area contributed by atoms with Gasteiger partial charge in [-0.05, 0) is 43.0 Å². The highest BCUT2D eigenvalue weighted by molar-refractivity contribution is 5.82. The summed E-state index contributed by atoms with van der Waals surface area (Å²) >= 11 is 0. The van der Waals surface area contributed by atoms with Gasteiger partial charge in [0.2, 0.25) is 5.91 Å². The summed E-state index contributed by atoms with van der Waals surface area (Å²) in [4.78, 5) is 34.6. The first-order chi connectivity index (χ1) is 14.7. The average molecular weight is 436 g/mol. The molecule has 0 saturated carbocycles. The van der Waals surface area contributed by atoms with Crippen molar-refractivity contribution in [1.82, 2.24) is 16.0 Å². The Labute approximate surface area is 184 Å². The molecule has 1 aromatic rings. The van der Waals surface area contributed by atoms with Crippen molar-refractivity contribution in [2.24, 2.45) is 11.7 Å². The summed E-state index contributed by atoms with van der Waals surface area (Å²) in [6, 6.07) is 6.63. The predicted octanol–water partition coefficient (Wildman–Crippen LogP) is 1.73. The second-order valence-electron chi connectivity index (χ2n) is 7.78.